The van der Waals surface area contributed by atoms with Crippen LogP contribution in [-0.4, -0.2) is 13.1 Å². The fourth-order valence-corrected chi connectivity index (χ4v) is 2.47. The average molecular weight is 282 g/mol. The minimum atomic E-state index is 0.415. The molecule has 0 aliphatic heterocycles. The molecule has 19 heavy (non-hydrogen) atoms. The maximum atomic E-state index is 6.07. The molecule has 2 heteroatoms. The molecular formula is C17H28ClN. The molecule has 0 saturated heterocycles. The first kappa shape index (κ1) is 16.5. The highest BCUT2D eigenvalue weighted by Gasteiger charge is 2.15. The van der Waals surface area contributed by atoms with Crippen LogP contribution in [0.1, 0.15) is 46.1 Å². The highest BCUT2D eigenvalue weighted by molar-refractivity contribution is 6.30. The third kappa shape index (κ3) is 7.59. The van der Waals surface area contributed by atoms with Crippen molar-refractivity contribution in [3.05, 3.63) is 34.9 Å². The van der Waals surface area contributed by atoms with E-state index >= 15 is 0 Å². The van der Waals surface area contributed by atoms with E-state index < -0.39 is 0 Å². The fraction of sp³-hybridized carbons (Fsp3) is 0.647. The molecular weight excluding hydrogens is 254 g/mol. The molecule has 0 heterocycles. The second kappa shape index (κ2) is 7.91. The van der Waals surface area contributed by atoms with Gasteiger partial charge in [0.1, 0.15) is 0 Å². The molecule has 1 unspecified atom stereocenters. The fourth-order valence-electron chi connectivity index (χ4n) is 2.26. The van der Waals surface area contributed by atoms with Crippen molar-refractivity contribution in [1.29, 1.82) is 0 Å². The molecule has 1 aromatic rings. The van der Waals surface area contributed by atoms with Crippen LogP contribution in [0, 0.1) is 11.3 Å². The Labute approximate surface area is 123 Å². The van der Waals surface area contributed by atoms with Crippen LogP contribution in [0.4, 0.5) is 0 Å². The first-order chi connectivity index (χ1) is 8.90. The summed E-state index contributed by atoms with van der Waals surface area (Å²) in [7, 11) is 0. The molecule has 108 valence electrons. The van der Waals surface area contributed by atoms with Crippen LogP contribution >= 0.6 is 11.6 Å². The van der Waals surface area contributed by atoms with E-state index in [9.17, 15) is 0 Å². The molecule has 0 fully saturated rings. The second-order valence-corrected chi connectivity index (χ2v) is 7.04. The summed E-state index contributed by atoms with van der Waals surface area (Å²) in [6, 6.07) is 8.27. The van der Waals surface area contributed by atoms with Gasteiger partial charge in [-0.3, -0.25) is 0 Å². The minimum absolute atomic E-state index is 0.415. The van der Waals surface area contributed by atoms with Crippen molar-refractivity contribution >= 4 is 11.6 Å². The lowest BCUT2D eigenvalue weighted by atomic mass is 9.84. The number of hydrogen-bond acceptors (Lipinski definition) is 1. The Hall–Kier alpha value is -0.530. The van der Waals surface area contributed by atoms with Crippen molar-refractivity contribution in [3.63, 3.8) is 0 Å². The highest BCUT2D eigenvalue weighted by Crippen LogP contribution is 2.25. The topological polar surface area (TPSA) is 12.0 Å². The van der Waals surface area contributed by atoms with Crippen molar-refractivity contribution < 1.29 is 0 Å². The van der Waals surface area contributed by atoms with Gasteiger partial charge in [0.05, 0.1) is 0 Å². The van der Waals surface area contributed by atoms with Crippen LogP contribution in [0.5, 0.6) is 0 Å². The molecule has 0 aliphatic carbocycles. The van der Waals surface area contributed by atoms with Gasteiger partial charge in [0.25, 0.3) is 0 Å². The quantitative estimate of drug-likeness (QED) is 0.747. The lowest BCUT2D eigenvalue weighted by Crippen LogP contribution is -2.25. The van der Waals surface area contributed by atoms with Crippen molar-refractivity contribution in [1.82, 2.24) is 5.32 Å². The molecule has 0 bridgehead atoms. The predicted molar refractivity (Wildman–Crippen MR) is 85.9 cm³/mol. The summed E-state index contributed by atoms with van der Waals surface area (Å²) in [5, 5.41) is 4.33. The summed E-state index contributed by atoms with van der Waals surface area (Å²) < 4.78 is 0. The Bertz CT molecular complexity index is 368. The highest BCUT2D eigenvalue weighted by atomic mass is 35.5. The van der Waals surface area contributed by atoms with Gasteiger partial charge >= 0.3 is 0 Å². The van der Waals surface area contributed by atoms with E-state index in [1.165, 1.54) is 18.4 Å². The SMILES string of the molecule is CCNCC(CCC(C)(C)C)Cc1cccc(Cl)c1. The van der Waals surface area contributed by atoms with Crippen molar-refractivity contribution in [2.45, 2.75) is 47.0 Å². The van der Waals surface area contributed by atoms with Crippen LogP contribution in [0.15, 0.2) is 24.3 Å². The van der Waals surface area contributed by atoms with Crippen LogP contribution in [-0.2, 0) is 6.42 Å². The smallest absolute Gasteiger partial charge is 0.0408 e. The third-order valence-corrected chi connectivity index (χ3v) is 3.63. The number of rotatable bonds is 7. The van der Waals surface area contributed by atoms with Gasteiger partial charge in [-0.1, -0.05) is 51.4 Å². The minimum Gasteiger partial charge on any atom is -0.317 e. The molecule has 1 nitrogen and oxygen atoms in total. The molecule has 0 saturated carbocycles. The molecule has 0 spiro atoms. The zero-order valence-electron chi connectivity index (χ0n) is 12.8. The monoisotopic (exact) mass is 281 g/mol. The maximum Gasteiger partial charge on any atom is 0.0408 e. The zero-order chi connectivity index (χ0) is 14.3. The van der Waals surface area contributed by atoms with E-state index in [1.54, 1.807) is 0 Å². The summed E-state index contributed by atoms with van der Waals surface area (Å²) in [5.74, 6) is 0.692. The number of hydrogen-bond donors (Lipinski definition) is 1. The van der Waals surface area contributed by atoms with Crippen molar-refractivity contribution in [2.75, 3.05) is 13.1 Å². The van der Waals surface area contributed by atoms with E-state index in [-0.39, 0.29) is 0 Å². The average Bonchev–Trinajstić information content (AvgIpc) is 2.31. The molecule has 0 amide bonds. The molecule has 1 rings (SSSR count). The summed E-state index contributed by atoms with van der Waals surface area (Å²) in [5.41, 5.74) is 1.77. The standard InChI is InChI=1S/C17H28ClN/c1-5-19-13-15(9-10-17(2,3)4)11-14-7-6-8-16(18)12-14/h6-8,12,15,19H,5,9-11,13H2,1-4H3. The van der Waals surface area contributed by atoms with Gasteiger partial charge in [0.15, 0.2) is 0 Å². The largest absolute Gasteiger partial charge is 0.317 e. The lowest BCUT2D eigenvalue weighted by molar-refractivity contribution is 0.315. The molecule has 0 aromatic heterocycles. The number of benzene rings is 1. The summed E-state index contributed by atoms with van der Waals surface area (Å²) in [6.45, 7) is 11.3. The predicted octanol–water partition coefficient (Wildman–Crippen LogP) is 4.93. The van der Waals surface area contributed by atoms with Crippen molar-refractivity contribution in [3.8, 4) is 0 Å². The van der Waals surface area contributed by atoms with Gasteiger partial charge in [-0.05, 0) is 61.4 Å². The molecule has 1 atom stereocenters. The van der Waals surface area contributed by atoms with Gasteiger partial charge in [0.2, 0.25) is 0 Å². The third-order valence-electron chi connectivity index (χ3n) is 3.40. The van der Waals surface area contributed by atoms with E-state index in [1.807, 2.05) is 12.1 Å². The van der Waals surface area contributed by atoms with Gasteiger partial charge in [-0.15, -0.1) is 0 Å². The van der Waals surface area contributed by atoms with Gasteiger partial charge in [-0.2, -0.15) is 0 Å². The maximum absolute atomic E-state index is 6.07. The van der Waals surface area contributed by atoms with Crippen LogP contribution < -0.4 is 5.32 Å². The summed E-state index contributed by atoms with van der Waals surface area (Å²) in [6.07, 6.45) is 3.65. The van der Waals surface area contributed by atoms with E-state index in [4.69, 9.17) is 11.6 Å². The Morgan fingerprint density at radius 3 is 2.58 bits per heavy atom. The zero-order valence-corrected chi connectivity index (χ0v) is 13.6. The van der Waals surface area contributed by atoms with Crippen molar-refractivity contribution in [2.24, 2.45) is 11.3 Å². The Morgan fingerprint density at radius 1 is 1.26 bits per heavy atom. The molecule has 0 aliphatic rings. The van der Waals surface area contributed by atoms with Gasteiger partial charge in [-0.25, -0.2) is 0 Å². The van der Waals surface area contributed by atoms with Crippen LogP contribution in [0.3, 0.4) is 0 Å². The Balaban J connectivity index is 2.58. The Morgan fingerprint density at radius 2 is 2.00 bits per heavy atom. The first-order valence-electron chi connectivity index (χ1n) is 7.36. The molecule has 0 radical (unpaired) electrons. The van der Waals surface area contributed by atoms with E-state index in [2.05, 4.69) is 45.1 Å². The second-order valence-electron chi connectivity index (χ2n) is 6.61. The molecule has 1 N–H and O–H groups in total. The van der Waals surface area contributed by atoms with Gasteiger partial charge < -0.3 is 5.32 Å². The first-order valence-corrected chi connectivity index (χ1v) is 7.73. The normalized spacial score (nSPS) is 13.5. The van der Waals surface area contributed by atoms with Crippen LogP contribution in [0.25, 0.3) is 0 Å². The number of halogens is 1. The Kier molecular flexibility index (Phi) is 6.88. The van der Waals surface area contributed by atoms with Crippen LogP contribution in [0.2, 0.25) is 5.02 Å². The molecule has 1 aromatic carbocycles. The summed E-state index contributed by atoms with van der Waals surface area (Å²) >= 11 is 6.07. The van der Waals surface area contributed by atoms with E-state index in [0.717, 1.165) is 24.5 Å². The summed E-state index contributed by atoms with van der Waals surface area (Å²) in [4.78, 5) is 0. The lowest BCUT2D eigenvalue weighted by Gasteiger charge is -2.23. The van der Waals surface area contributed by atoms with Gasteiger partial charge in [0, 0.05) is 5.02 Å². The van der Waals surface area contributed by atoms with E-state index in [0.29, 0.717) is 11.3 Å². The number of nitrogens with one attached hydrogen (secondary N) is 1.